The average molecular weight is 458 g/mol. The summed E-state index contributed by atoms with van der Waals surface area (Å²) < 4.78 is 6.46. The lowest BCUT2D eigenvalue weighted by Crippen LogP contribution is -2.46. The number of phenols is 1. The molecule has 3 rings (SSSR count). The maximum Gasteiger partial charge on any atom is 0.322 e. The molecule has 1 amide bonds. The van der Waals surface area contributed by atoms with Crippen LogP contribution >= 0.6 is 0 Å². The molecule has 0 saturated carbocycles. The maximum absolute atomic E-state index is 12.5. The molecule has 0 fully saturated rings. The topological polar surface area (TPSA) is 95.9 Å². The second kappa shape index (κ2) is 9.78. The van der Waals surface area contributed by atoms with Crippen molar-refractivity contribution in [2.24, 2.45) is 5.92 Å². The van der Waals surface area contributed by atoms with E-state index in [0.29, 0.717) is 24.2 Å². The van der Waals surface area contributed by atoms with Crippen molar-refractivity contribution in [3.63, 3.8) is 0 Å². The number of rotatable bonds is 9. The van der Waals surface area contributed by atoms with Crippen molar-refractivity contribution in [1.29, 1.82) is 0 Å². The van der Waals surface area contributed by atoms with Gasteiger partial charge in [0.2, 0.25) is 5.91 Å². The molecule has 3 N–H and O–H groups in total. The molecule has 6 nitrogen and oxygen atoms in total. The first-order chi connectivity index (χ1) is 15.5. The highest BCUT2D eigenvalue weighted by Crippen LogP contribution is 2.55. The lowest BCUT2D eigenvalue weighted by atomic mass is 9.66. The number of fused-ring (bicyclic) bond motifs is 3. The molecule has 0 bridgehead atoms. The molecule has 0 spiro atoms. The predicted octanol–water partition coefficient (Wildman–Crippen LogP) is 5.43. The maximum atomic E-state index is 12.5. The van der Waals surface area contributed by atoms with Gasteiger partial charge >= 0.3 is 5.97 Å². The van der Waals surface area contributed by atoms with Gasteiger partial charge in [0.25, 0.3) is 0 Å². The third-order valence-corrected chi connectivity index (χ3v) is 7.43. The summed E-state index contributed by atoms with van der Waals surface area (Å²) in [6.07, 6.45) is 8.81. The van der Waals surface area contributed by atoms with E-state index in [1.54, 1.807) is 0 Å². The van der Waals surface area contributed by atoms with E-state index in [0.717, 1.165) is 24.0 Å². The van der Waals surface area contributed by atoms with Crippen molar-refractivity contribution < 1.29 is 24.5 Å². The van der Waals surface area contributed by atoms with Crippen molar-refractivity contribution in [2.75, 3.05) is 6.54 Å². The average Bonchev–Trinajstić information content (AvgIpc) is 2.73. The number of carbonyl (C=O) groups is 2. The zero-order valence-electron chi connectivity index (χ0n) is 20.7. The van der Waals surface area contributed by atoms with Crippen LogP contribution in [0.25, 0.3) is 0 Å². The summed E-state index contributed by atoms with van der Waals surface area (Å²) in [5.74, 6) is -0.462. The van der Waals surface area contributed by atoms with Gasteiger partial charge in [0.05, 0.1) is 0 Å². The largest absolute Gasteiger partial charge is 0.508 e. The van der Waals surface area contributed by atoms with Gasteiger partial charge in [0.1, 0.15) is 23.6 Å². The molecule has 0 saturated heterocycles. The molecule has 1 aromatic carbocycles. The molecule has 2 aliphatic rings. The van der Waals surface area contributed by atoms with Gasteiger partial charge in [-0.3, -0.25) is 9.59 Å². The second-order valence-electron chi connectivity index (χ2n) is 10.8. The minimum absolute atomic E-state index is 0.0685. The quantitative estimate of drug-likeness (QED) is 0.430. The number of aliphatic carboxylic acids is 1. The van der Waals surface area contributed by atoms with Crippen molar-refractivity contribution in [1.82, 2.24) is 5.32 Å². The number of amides is 1. The highest BCUT2D eigenvalue weighted by atomic mass is 16.5. The molecule has 2 atom stereocenters. The van der Waals surface area contributed by atoms with E-state index in [2.05, 4.69) is 46.0 Å². The molecule has 0 aromatic heterocycles. The standard InChI is InChI=1S/C27H39NO5/c1-6-7-8-9-12-26(2,3)18-14-21(29)24-19-13-17(25(32)28-16-23(30)31)10-11-20(19)27(4,5)33-22(24)15-18/h10,14-15,19-20,29H,6-9,11-13,16H2,1-5H3,(H,28,32)(H,30,31). The number of benzene rings is 1. The fourth-order valence-electron chi connectivity index (χ4n) is 5.38. The SMILES string of the molecule is CCCCCCC(C)(C)c1cc(O)c2c(c1)OC(C)(C)C1CC=C(C(=O)NCC(=O)O)CC21. The summed E-state index contributed by atoms with van der Waals surface area (Å²) in [5.41, 5.74) is 1.87. The summed E-state index contributed by atoms with van der Waals surface area (Å²) in [4.78, 5) is 23.4. The number of phenolic OH excluding ortho intramolecular Hbond substituents is 1. The van der Waals surface area contributed by atoms with Gasteiger partial charge < -0.3 is 20.3 Å². The molecular formula is C27H39NO5. The number of carboxylic acid groups (broad SMARTS) is 1. The summed E-state index contributed by atoms with van der Waals surface area (Å²) in [5, 5.41) is 22.5. The van der Waals surface area contributed by atoms with E-state index in [1.807, 2.05) is 12.1 Å². The number of hydrogen-bond acceptors (Lipinski definition) is 4. The molecular weight excluding hydrogens is 418 g/mol. The molecule has 0 radical (unpaired) electrons. The zero-order chi connectivity index (χ0) is 24.4. The van der Waals surface area contributed by atoms with Crippen LogP contribution in [-0.4, -0.2) is 34.2 Å². The number of carboxylic acids is 1. The Balaban J connectivity index is 1.89. The van der Waals surface area contributed by atoms with Crippen molar-refractivity contribution in [3.8, 4) is 11.5 Å². The van der Waals surface area contributed by atoms with E-state index in [9.17, 15) is 14.7 Å². The van der Waals surface area contributed by atoms with Gasteiger partial charge in [-0.25, -0.2) is 0 Å². The molecule has 1 aromatic rings. The minimum atomic E-state index is -1.07. The van der Waals surface area contributed by atoms with E-state index in [4.69, 9.17) is 9.84 Å². The number of allylic oxidation sites excluding steroid dienone is 1. The first-order valence-corrected chi connectivity index (χ1v) is 12.2. The zero-order valence-corrected chi connectivity index (χ0v) is 20.7. The molecule has 182 valence electrons. The van der Waals surface area contributed by atoms with Crippen LogP contribution in [0.2, 0.25) is 0 Å². The Hall–Kier alpha value is -2.50. The lowest BCUT2D eigenvalue weighted by molar-refractivity contribution is -0.137. The minimum Gasteiger partial charge on any atom is -0.508 e. The van der Waals surface area contributed by atoms with Crippen molar-refractivity contribution in [2.45, 2.75) is 96.5 Å². The Morgan fingerprint density at radius 2 is 1.94 bits per heavy atom. The number of carbonyl (C=O) groups excluding carboxylic acids is 1. The Labute approximate surface area is 197 Å². The van der Waals surface area contributed by atoms with Gasteiger partial charge in [-0.2, -0.15) is 0 Å². The first kappa shape index (κ1) is 25.1. The number of nitrogens with one attached hydrogen (secondary N) is 1. The van der Waals surface area contributed by atoms with Crippen molar-refractivity contribution >= 4 is 11.9 Å². The van der Waals surface area contributed by atoms with E-state index < -0.39 is 18.1 Å². The molecule has 1 aliphatic carbocycles. The van der Waals surface area contributed by atoms with Crippen LogP contribution in [0.15, 0.2) is 23.8 Å². The number of hydrogen-bond donors (Lipinski definition) is 3. The van der Waals surface area contributed by atoms with Gasteiger partial charge in [-0.05, 0) is 56.2 Å². The Bertz CT molecular complexity index is 931. The Morgan fingerprint density at radius 3 is 2.61 bits per heavy atom. The van der Waals surface area contributed by atoms with Crippen LogP contribution in [0.4, 0.5) is 0 Å². The summed E-state index contributed by atoms with van der Waals surface area (Å²) in [7, 11) is 0. The third kappa shape index (κ3) is 5.53. The molecule has 33 heavy (non-hydrogen) atoms. The van der Waals surface area contributed by atoms with Crippen LogP contribution < -0.4 is 10.1 Å². The molecule has 2 unspecified atom stereocenters. The highest BCUT2D eigenvalue weighted by molar-refractivity contribution is 5.95. The van der Waals surface area contributed by atoms with Crippen LogP contribution in [0, 0.1) is 5.92 Å². The van der Waals surface area contributed by atoms with Gasteiger partial charge in [0, 0.05) is 23.0 Å². The molecule has 6 heteroatoms. The van der Waals surface area contributed by atoms with Gasteiger partial charge in [-0.1, -0.05) is 52.5 Å². The Morgan fingerprint density at radius 1 is 1.21 bits per heavy atom. The normalized spacial score (nSPS) is 21.3. The van der Waals surface area contributed by atoms with Gasteiger partial charge in [-0.15, -0.1) is 0 Å². The summed E-state index contributed by atoms with van der Waals surface area (Å²) in [6.45, 7) is 10.4. The van der Waals surface area contributed by atoms with Crippen LogP contribution in [0.5, 0.6) is 11.5 Å². The highest BCUT2D eigenvalue weighted by Gasteiger charge is 2.47. The smallest absolute Gasteiger partial charge is 0.322 e. The third-order valence-electron chi connectivity index (χ3n) is 7.43. The number of ether oxygens (including phenoxy) is 1. The number of aromatic hydroxyl groups is 1. The summed E-state index contributed by atoms with van der Waals surface area (Å²) >= 11 is 0. The van der Waals surface area contributed by atoms with Crippen molar-refractivity contribution in [3.05, 3.63) is 34.9 Å². The first-order valence-electron chi connectivity index (χ1n) is 12.2. The van der Waals surface area contributed by atoms with Gasteiger partial charge in [0.15, 0.2) is 0 Å². The number of unbranched alkanes of at least 4 members (excludes halogenated alkanes) is 3. The van der Waals surface area contributed by atoms with E-state index >= 15 is 0 Å². The van der Waals surface area contributed by atoms with E-state index in [1.165, 1.54) is 19.3 Å². The van der Waals surface area contributed by atoms with E-state index in [-0.39, 0.29) is 28.9 Å². The van der Waals surface area contributed by atoms with Crippen LogP contribution in [0.1, 0.15) is 96.6 Å². The molecule has 1 aliphatic heterocycles. The Kier molecular flexibility index (Phi) is 7.45. The second-order valence-corrected chi connectivity index (χ2v) is 10.8. The van der Waals surface area contributed by atoms with Crippen LogP contribution in [-0.2, 0) is 15.0 Å². The molecule has 1 heterocycles. The van der Waals surface area contributed by atoms with Crippen LogP contribution in [0.3, 0.4) is 0 Å². The summed E-state index contributed by atoms with van der Waals surface area (Å²) in [6, 6.07) is 3.95. The lowest BCUT2D eigenvalue weighted by Gasteiger charge is -2.47. The monoisotopic (exact) mass is 457 g/mol. The predicted molar refractivity (Wildman–Crippen MR) is 129 cm³/mol. The fourth-order valence-corrected chi connectivity index (χ4v) is 5.38. The fraction of sp³-hybridized carbons (Fsp3) is 0.630.